The number of methoxy groups -OCH3 is 1. The molecule has 0 radical (unpaired) electrons. The van der Waals surface area contributed by atoms with E-state index >= 15 is 0 Å². The Bertz CT molecular complexity index is 1890. The number of carbonyl (C=O) groups excluding carboxylic acids is 1. The first-order valence-corrected chi connectivity index (χ1v) is 30.4. The van der Waals surface area contributed by atoms with Crippen molar-refractivity contribution in [1.29, 1.82) is 0 Å². The van der Waals surface area contributed by atoms with Crippen molar-refractivity contribution in [1.82, 2.24) is 19.9 Å². The van der Waals surface area contributed by atoms with Gasteiger partial charge in [-0.3, -0.25) is 4.79 Å². The average Bonchev–Trinajstić information content (AvgIpc) is 3.33. The van der Waals surface area contributed by atoms with Crippen molar-refractivity contribution in [2.45, 2.75) is 197 Å². The standard InChI is InChI=1S/C30H52N4O4S.C28H48ClN3O2S/c1-22(2)10-7-11-23(3)12-8-13-24(4)14-9-15-25(5)17-19-39-21-26(29(37)38)32-30-31-18-16-27(33-30)34(6)20-28(35)36;1-21(2)10-7-11-22(3)12-8-13-23(4)14-9-15-24(5)17-19-35-20-25(27(33)34-6)31-28-30-18-16-26(29)32-28/h16-18,22-24,26H,7-15,19-21H2,1-6H3,(H,35,36)(H,37,38)(H,31,32,33);16-18,21-23,25H,7-15,19-20H2,1-6H3,(H,30,31,32)/b25-17+;24-17+/t23?,24?,26-;22?,23?,25-/m00/s1. The zero-order valence-corrected chi connectivity index (χ0v) is 50.2. The Kier molecular flexibility index (Phi) is 38.5. The maximum absolute atomic E-state index is 12.1. The number of hydrogen-bond acceptors (Lipinski definition) is 13. The van der Waals surface area contributed by atoms with E-state index in [0.29, 0.717) is 28.4 Å². The first-order chi connectivity index (χ1) is 35.2. The molecule has 2 aromatic heterocycles. The first kappa shape index (κ1) is 68.5. The summed E-state index contributed by atoms with van der Waals surface area (Å²) in [6, 6.07) is 1.82. The fourth-order valence-electron chi connectivity index (χ4n) is 8.51. The summed E-state index contributed by atoms with van der Waals surface area (Å²) in [7, 11) is 3.00. The molecule has 2 rings (SSSR count). The monoisotopic (exact) mass is 1090 g/mol. The summed E-state index contributed by atoms with van der Waals surface area (Å²) in [5.74, 6) is 6.11. The van der Waals surface area contributed by atoms with Gasteiger partial charge in [0.05, 0.1) is 7.11 Å². The topological polar surface area (TPSA) is 180 Å². The molecular weight excluding hydrogens is 990 g/mol. The predicted molar refractivity (Wildman–Crippen MR) is 316 cm³/mol. The lowest BCUT2D eigenvalue weighted by atomic mass is 9.91. The number of thioether (sulfide) groups is 2. The number of hydrogen-bond donors (Lipinski definition) is 4. The molecule has 0 fully saturated rings. The van der Waals surface area contributed by atoms with E-state index in [1.165, 1.54) is 132 Å². The number of ether oxygens (including phenoxy) is 1. The largest absolute Gasteiger partial charge is 0.480 e. The zero-order chi connectivity index (χ0) is 55.3. The van der Waals surface area contributed by atoms with E-state index in [0.717, 1.165) is 59.9 Å². The highest BCUT2D eigenvalue weighted by Gasteiger charge is 2.21. The Balaban J connectivity index is 0.000000744. The highest BCUT2D eigenvalue weighted by atomic mass is 35.5. The third kappa shape index (κ3) is 36.4. The quantitative estimate of drug-likeness (QED) is 0.0214. The number of halogens is 1. The summed E-state index contributed by atoms with van der Waals surface area (Å²) in [6.07, 6.45) is 31.1. The lowest BCUT2D eigenvalue weighted by Crippen LogP contribution is -2.33. The molecule has 0 saturated heterocycles. The summed E-state index contributed by atoms with van der Waals surface area (Å²) in [5, 5.41) is 24.8. The van der Waals surface area contributed by atoms with Gasteiger partial charge >= 0.3 is 17.9 Å². The van der Waals surface area contributed by atoms with Crippen LogP contribution in [-0.2, 0) is 19.1 Å². The van der Waals surface area contributed by atoms with Crippen LogP contribution in [0.1, 0.15) is 185 Å². The van der Waals surface area contributed by atoms with Gasteiger partial charge in [-0.2, -0.15) is 28.5 Å². The van der Waals surface area contributed by atoms with Gasteiger partial charge in [-0.05, 0) is 87.2 Å². The Labute approximate surface area is 462 Å². The zero-order valence-electron chi connectivity index (χ0n) is 47.8. The van der Waals surface area contributed by atoms with Gasteiger partial charge in [0.1, 0.15) is 29.6 Å². The van der Waals surface area contributed by atoms with Crippen molar-refractivity contribution in [2.24, 2.45) is 35.5 Å². The molecule has 0 aromatic carbocycles. The maximum atomic E-state index is 12.1. The first-order valence-electron chi connectivity index (χ1n) is 27.7. The SMILES string of the molecule is C/C(=C\CSC[C@H](Nc1nccc(N(C)CC(=O)O)n1)C(=O)O)CCCC(C)CCCC(C)CCCC(C)C.COC(=O)[C@H](CSC/C=C(\C)CCCC(C)CCCC(C)CCCC(C)C)Nc1nccc(Cl)n1. The van der Waals surface area contributed by atoms with Crippen molar-refractivity contribution < 1.29 is 29.3 Å². The van der Waals surface area contributed by atoms with Gasteiger partial charge in [-0.1, -0.05) is 180 Å². The third-order valence-electron chi connectivity index (χ3n) is 13.4. The van der Waals surface area contributed by atoms with Crippen molar-refractivity contribution in [3.05, 3.63) is 53.0 Å². The van der Waals surface area contributed by atoms with Crippen LogP contribution in [0.5, 0.6) is 0 Å². The highest BCUT2D eigenvalue weighted by molar-refractivity contribution is 7.99. The van der Waals surface area contributed by atoms with Crippen molar-refractivity contribution in [3.8, 4) is 0 Å². The van der Waals surface area contributed by atoms with Gasteiger partial charge in [0, 0.05) is 42.5 Å². The molecule has 0 aliphatic carbocycles. The molecule has 0 aliphatic rings. The highest BCUT2D eigenvalue weighted by Crippen LogP contribution is 2.25. The third-order valence-corrected chi connectivity index (χ3v) is 15.5. The average molecular weight is 1090 g/mol. The molecular formula is C58H100ClN7O6S2. The Hall–Kier alpha value is -3.56. The van der Waals surface area contributed by atoms with Crippen LogP contribution in [-0.4, -0.2) is 104 Å². The molecule has 0 spiro atoms. The molecule has 2 heterocycles. The molecule has 4 N–H and O–H groups in total. The number of carbonyl (C=O) groups is 3. The lowest BCUT2D eigenvalue weighted by Gasteiger charge is -2.18. The van der Waals surface area contributed by atoms with Crippen molar-refractivity contribution >= 4 is 70.7 Å². The van der Waals surface area contributed by atoms with E-state index < -0.39 is 24.0 Å². The lowest BCUT2D eigenvalue weighted by molar-refractivity contribution is -0.141. The fourth-order valence-corrected chi connectivity index (χ4v) is 10.6. The number of aromatic nitrogens is 4. The number of carboxylic acid groups (broad SMARTS) is 2. The van der Waals surface area contributed by atoms with Crippen LogP contribution in [0.25, 0.3) is 0 Å². The van der Waals surface area contributed by atoms with Crippen molar-refractivity contribution in [2.75, 3.05) is 59.2 Å². The number of likely N-dealkylation sites (N-methyl/N-ethyl adjacent to an activating group) is 1. The van der Waals surface area contributed by atoms with E-state index in [4.69, 9.17) is 21.4 Å². The minimum Gasteiger partial charge on any atom is -0.480 e. The summed E-state index contributed by atoms with van der Waals surface area (Å²) in [5.41, 5.74) is 2.77. The van der Waals surface area contributed by atoms with E-state index in [1.54, 1.807) is 48.9 Å². The van der Waals surface area contributed by atoms with Gasteiger partial charge in [-0.25, -0.2) is 24.5 Å². The number of carboxylic acids is 2. The minimum atomic E-state index is -0.977. The molecule has 4 unspecified atom stereocenters. The maximum Gasteiger partial charge on any atom is 0.329 e. The van der Waals surface area contributed by atoms with Gasteiger partial charge < -0.3 is 30.5 Å². The van der Waals surface area contributed by atoms with Crippen LogP contribution in [0.2, 0.25) is 5.15 Å². The smallest absolute Gasteiger partial charge is 0.329 e. The Morgan fingerprint density at radius 1 is 0.635 bits per heavy atom. The molecule has 422 valence electrons. The molecule has 0 aliphatic heterocycles. The molecule has 2 aromatic rings. The number of nitrogens with one attached hydrogen (secondary N) is 2. The van der Waals surface area contributed by atoms with E-state index in [1.807, 2.05) is 0 Å². The van der Waals surface area contributed by atoms with Gasteiger partial charge in [0.2, 0.25) is 11.9 Å². The van der Waals surface area contributed by atoms with Crippen LogP contribution in [0.3, 0.4) is 0 Å². The van der Waals surface area contributed by atoms with Gasteiger partial charge in [0.25, 0.3) is 0 Å². The number of aliphatic carboxylic acids is 2. The minimum absolute atomic E-state index is 0.166. The van der Waals surface area contributed by atoms with E-state index in [2.05, 4.69) is 112 Å². The molecule has 0 amide bonds. The second kappa shape index (κ2) is 41.6. The number of nitrogens with zero attached hydrogens (tertiary/aromatic N) is 5. The summed E-state index contributed by atoms with van der Waals surface area (Å²) in [6.45, 7) is 23.0. The summed E-state index contributed by atoms with van der Waals surface area (Å²) in [4.78, 5) is 52.8. The second-order valence-electron chi connectivity index (χ2n) is 21.8. The Morgan fingerprint density at radius 2 is 1.04 bits per heavy atom. The van der Waals surface area contributed by atoms with Crippen LogP contribution < -0.4 is 15.5 Å². The van der Waals surface area contributed by atoms with E-state index in [-0.39, 0.29) is 18.5 Å². The number of rotatable bonds is 41. The van der Waals surface area contributed by atoms with Crippen LogP contribution in [0.15, 0.2) is 47.8 Å². The van der Waals surface area contributed by atoms with Crippen LogP contribution in [0, 0.1) is 35.5 Å². The van der Waals surface area contributed by atoms with Crippen LogP contribution in [0.4, 0.5) is 17.7 Å². The number of anilines is 3. The number of esters is 1. The van der Waals surface area contributed by atoms with Crippen LogP contribution >= 0.6 is 35.1 Å². The second-order valence-corrected chi connectivity index (χ2v) is 24.4. The fraction of sp³-hybridized carbons (Fsp3) is 0.741. The summed E-state index contributed by atoms with van der Waals surface area (Å²) >= 11 is 9.15. The predicted octanol–water partition coefficient (Wildman–Crippen LogP) is 15.2. The molecule has 13 nitrogen and oxygen atoms in total. The Morgan fingerprint density at radius 3 is 1.46 bits per heavy atom. The normalized spacial score (nSPS) is 14.4. The molecule has 74 heavy (non-hydrogen) atoms. The van der Waals surface area contributed by atoms with Gasteiger partial charge in [0.15, 0.2) is 0 Å². The molecule has 0 bridgehead atoms. The summed E-state index contributed by atoms with van der Waals surface area (Å²) < 4.78 is 4.92. The molecule has 16 heteroatoms. The van der Waals surface area contributed by atoms with Crippen molar-refractivity contribution in [3.63, 3.8) is 0 Å². The van der Waals surface area contributed by atoms with E-state index in [9.17, 15) is 19.5 Å². The number of allylic oxidation sites excluding steroid dienone is 2. The molecule has 0 saturated carbocycles. The molecule has 6 atom stereocenters. The van der Waals surface area contributed by atoms with Gasteiger partial charge in [-0.15, -0.1) is 0 Å².